The molecule has 0 atom stereocenters. The van der Waals surface area contributed by atoms with Crippen molar-refractivity contribution in [1.29, 1.82) is 0 Å². The predicted molar refractivity (Wildman–Crippen MR) is 143 cm³/mol. The molecular weight excluding hydrogens is 500 g/mol. The van der Waals surface area contributed by atoms with E-state index in [1.54, 1.807) is 19.2 Å². The van der Waals surface area contributed by atoms with Crippen molar-refractivity contribution in [1.82, 2.24) is 15.0 Å². The van der Waals surface area contributed by atoms with E-state index in [1.165, 1.54) is 32.2 Å². The van der Waals surface area contributed by atoms with Gasteiger partial charge in [-0.2, -0.15) is 5.10 Å². The number of carbonyl (C=O) groups excluding carboxylic acids is 1. The second-order valence-electron chi connectivity index (χ2n) is 7.60. The average Bonchev–Trinajstić information content (AvgIpc) is 3.25. The Morgan fingerprint density at radius 1 is 1.03 bits per heavy atom. The van der Waals surface area contributed by atoms with Crippen molar-refractivity contribution in [3.05, 3.63) is 76.8 Å². The van der Waals surface area contributed by atoms with Gasteiger partial charge in [0.15, 0.2) is 16.7 Å². The number of thioether (sulfide) groups is 1. The second-order valence-corrected chi connectivity index (χ2v) is 8.98. The van der Waals surface area contributed by atoms with E-state index < -0.39 is 0 Å². The fraction of sp³-hybridized carbons (Fsp3) is 0.192. The fourth-order valence-corrected chi connectivity index (χ4v) is 4.58. The number of methoxy groups -OCH3 is 3. The summed E-state index contributed by atoms with van der Waals surface area (Å²) in [5.74, 6) is 1.32. The van der Waals surface area contributed by atoms with Crippen molar-refractivity contribution in [2.24, 2.45) is 5.10 Å². The van der Waals surface area contributed by atoms with Gasteiger partial charge in [0.05, 0.1) is 50.9 Å². The first-order chi connectivity index (χ1) is 17.5. The summed E-state index contributed by atoms with van der Waals surface area (Å²) in [5.41, 5.74) is 6.14. The third-order valence-electron chi connectivity index (χ3n) is 5.33. The Morgan fingerprint density at radius 2 is 1.78 bits per heavy atom. The molecular formula is C26H25ClN4O4S. The molecule has 8 nitrogen and oxygen atoms in total. The van der Waals surface area contributed by atoms with Crippen LogP contribution in [-0.4, -0.2) is 48.8 Å². The molecule has 1 amide bonds. The van der Waals surface area contributed by atoms with Gasteiger partial charge in [-0.25, -0.2) is 10.4 Å². The maximum atomic E-state index is 12.5. The van der Waals surface area contributed by atoms with Crippen LogP contribution >= 0.6 is 23.4 Å². The summed E-state index contributed by atoms with van der Waals surface area (Å²) in [4.78, 5) is 17.3. The zero-order valence-electron chi connectivity index (χ0n) is 20.0. The average molecular weight is 525 g/mol. The van der Waals surface area contributed by atoms with E-state index in [1.807, 2.05) is 48.5 Å². The van der Waals surface area contributed by atoms with Crippen LogP contribution in [0.25, 0.3) is 11.0 Å². The van der Waals surface area contributed by atoms with Crippen LogP contribution in [0.2, 0.25) is 5.02 Å². The number of amides is 1. The highest BCUT2D eigenvalue weighted by Gasteiger charge is 2.15. The number of rotatable bonds is 10. The molecule has 0 aliphatic rings. The van der Waals surface area contributed by atoms with Gasteiger partial charge in [0.1, 0.15) is 0 Å². The molecule has 0 saturated heterocycles. The molecule has 10 heteroatoms. The molecule has 1 heterocycles. The Kier molecular flexibility index (Phi) is 8.35. The highest BCUT2D eigenvalue weighted by atomic mass is 35.5. The molecule has 1 N–H and O–H groups in total. The SMILES string of the molecule is COc1ccc(/C=N\NC(=O)CSc2nc3ccccc3n2Cc2ccc(Cl)cc2)c(OC)c1OC. The number of carbonyl (C=O) groups is 1. The Bertz CT molecular complexity index is 1390. The largest absolute Gasteiger partial charge is 0.493 e. The van der Waals surface area contributed by atoms with Gasteiger partial charge in [-0.3, -0.25) is 4.79 Å². The maximum absolute atomic E-state index is 12.5. The quantitative estimate of drug-likeness (QED) is 0.178. The third-order valence-corrected chi connectivity index (χ3v) is 6.56. The van der Waals surface area contributed by atoms with Gasteiger partial charge < -0.3 is 18.8 Å². The molecule has 0 aliphatic heterocycles. The number of imidazole rings is 1. The van der Waals surface area contributed by atoms with E-state index in [2.05, 4.69) is 15.1 Å². The lowest BCUT2D eigenvalue weighted by atomic mass is 10.2. The van der Waals surface area contributed by atoms with Crippen molar-refractivity contribution in [2.75, 3.05) is 27.1 Å². The standard InChI is InChI=1S/C26H25ClN4O4S/c1-33-22-13-10-18(24(34-2)25(22)35-3)14-28-30-23(32)16-36-26-29-20-6-4-5-7-21(20)31(26)15-17-8-11-19(27)12-9-17/h4-14H,15-16H2,1-3H3,(H,30,32)/b28-14-. The number of hydrogen-bond donors (Lipinski definition) is 1. The molecule has 0 radical (unpaired) electrons. The molecule has 186 valence electrons. The maximum Gasteiger partial charge on any atom is 0.250 e. The van der Waals surface area contributed by atoms with E-state index in [-0.39, 0.29) is 11.7 Å². The Labute approximate surface area is 218 Å². The first kappa shape index (κ1) is 25.4. The van der Waals surface area contributed by atoms with Crippen LogP contribution in [-0.2, 0) is 11.3 Å². The Balaban J connectivity index is 1.45. The summed E-state index contributed by atoms with van der Waals surface area (Å²) in [5, 5.41) is 5.51. The van der Waals surface area contributed by atoms with Gasteiger partial charge in [0.25, 0.3) is 5.91 Å². The molecule has 0 bridgehead atoms. The fourth-order valence-electron chi connectivity index (χ4n) is 3.65. The van der Waals surface area contributed by atoms with Crippen molar-refractivity contribution >= 4 is 46.5 Å². The topological polar surface area (TPSA) is 87.0 Å². The summed E-state index contributed by atoms with van der Waals surface area (Å²) in [6, 6.07) is 19.1. The number of hydrogen-bond acceptors (Lipinski definition) is 7. The van der Waals surface area contributed by atoms with Gasteiger partial charge in [-0.15, -0.1) is 0 Å². The molecule has 4 rings (SSSR count). The second kappa shape index (κ2) is 11.8. The number of fused-ring (bicyclic) bond motifs is 1. The van der Waals surface area contributed by atoms with Crippen LogP contribution in [0.1, 0.15) is 11.1 Å². The summed E-state index contributed by atoms with van der Waals surface area (Å²) in [6.07, 6.45) is 1.50. The highest BCUT2D eigenvalue weighted by molar-refractivity contribution is 7.99. The van der Waals surface area contributed by atoms with Gasteiger partial charge in [-0.05, 0) is 42.0 Å². The highest BCUT2D eigenvalue weighted by Crippen LogP contribution is 2.39. The van der Waals surface area contributed by atoms with Gasteiger partial charge in [-0.1, -0.05) is 47.6 Å². The van der Waals surface area contributed by atoms with Crippen LogP contribution in [0.3, 0.4) is 0 Å². The molecule has 0 saturated carbocycles. The number of halogens is 1. The van der Waals surface area contributed by atoms with Crippen molar-refractivity contribution < 1.29 is 19.0 Å². The molecule has 0 fully saturated rings. The number of nitrogens with zero attached hydrogens (tertiary/aromatic N) is 3. The minimum Gasteiger partial charge on any atom is -0.493 e. The van der Waals surface area contributed by atoms with Crippen molar-refractivity contribution in [3.63, 3.8) is 0 Å². The zero-order valence-corrected chi connectivity index (χ0v) is 21.6. The minimum atomic E-state index is -0.263. The molecule has 36 heavy (non-hydrogen) atoms. The number of para-hydroxylation sites is 2. The van der Waals surface area contributed by atoms with Gasteiger partial charge in [0.2, 0.25) is 5.75 Å². The number of benzene rings is 3. The molecule has 1 aromatic heterocycles. The lowest BCUT2D eigenvalue weighted by Crippen LogP contribution is -2.20. The minimum absolute atomic E-state index is 0.143. The van der Waals surface area contributed by atoms with Crippen LogP contribution in [0.5, 0.6) is 17.2 Å². The molecule has 0 spiro atoms. The molecule has 4 aromatic rings. The monoisotopic (exact) mass is 524 g/mol. The number of nitrogens with one attached hydrogen (secondary N) is 1. The molecule has 3 aromatic carbocycles. The summed E-state index contributed by atoms with van der Waals surface area (Å²) >= 11 is 7.38. The lowest BCUT2D eigenvalue weighted by Gasteiger charge is -2.13. The smallest absolute Gasteiger partial charge is 0.250 e. The van der Waals surface area contributed by atoms with E-state index in [0.29, 0.717) is 34.4 Å². The van der Waals surface area contributed by atoms with Crippen LogP contribution < -0.4 is 19.6 Å². The zero-order chi connectivity index (χ0) is 25.5. The lowest BCUT2D eigenvalue weighted by molar-refractivity contribution is -0.118. The summed E-state index contributed by atoms with van der Waals surface area (Å²) in [6.45, 7) is 0.610. The Morgan fingerprint density at radius 3 is 2.50 bits per heavy atom. The molecule has 0 aliphatic carbocycles. The van der Waals surface area contributed by atoms with E-state index in [9.17, 15) is 4.79 Å². The first-order valence-electron chi connectivity index (χ1n) is 11.0. The summed E-state index contributed by atoms with van der Waals surface area (Å²) in [7, 11) is 4.60. The van der Waals surface area contributed by atoms with Crippen molar-refractivity contribution in [3.8, 4) is 17.2 Å². The van der Waals surface area contributed by atoms with E-state index in [4.69, 9.17) is 30.8 Å². The number of aromatic nitrogens is 2. The van der Waals surface area contributed by atoms with Crippen LogP contribution in [0.4, 0.5) is 0 Å². The van der Waals surface area contributed by atoms with Crippen molar-refractivity contribution in [2.45, 2.75) is 11.7 Å². The normalized spacial score (nSPS) is 11.1. The van der Waals surface area contributed by atoms with Gasteiger partial charge in [0, 0.05) is 10.6 Å². The Hall–Kier alpha value is -3.69. The van der Waals surface area contributed by atoms with E-state index >= 15 is 0 Å². The molecule has 0 unspecified atom stereocenters. The van der Waals surface area contributed by atoms with Crippen LogP contribution in [0, 0.1) is 0 Å². The van der Waals surface area contributed by atoms with E-state index in [0.717, 1.165) is 21.8 Å². The predicted octanol–water partition coefficient (Wildman–Crippen LogP) is 5.01. The van der Waals surface area contributed by atoms with Gasteiger partial charge >= 0.3 is 0 Å². The number of ether oxygens (including phenoxy) is 3. The first-order valence-corrected chi connectivity index (χ1v) is 12.3. The summed E-state index contributed by atoms with van der Waals surface area (Å²) < 4.78 is 18.2. The number of hydrazone groups is 1. The third kappa shape index (κ3) is 5.75. The van der Waals surface area contributed by atoms with Crippen LogP contribution in [0.15, 0.2) is 70.9 Å².